The summed E-state index contributed by atoms with van der Waals surface area (Å²) in [5, 5.41) is 0. The van der Waals surface area contributed by atoms with E-state index < -0.39 is 63.0 Å². The first-order valence-electron chi connectivity index (χ1n) is 10.1. The molecular weight excluding hydrogens is 461 g/mol. The van der Waals surface area contributed by atoms with Crippen molar-refractivity contribution in [3.8, 4) is 33.6 Å². The Labute approximate surface area is 189 Å². The van der Waals surface area contributed by atoms with Gasteiger partial charge in [-0.15, -0.1) is 0 Å². The van der Waals surface area contributed by atoms with E-state index in [1.807, 2.05) is 6.92 Å². The molecule has 0 radical (unpaired) electrons. The van der Waals surface area contributed by atoms with Crippen LogP contribution in [-0.2, 0) is 6.42 Å². The second-order valence-corrected chi connectivity index (χ2v) is 7.55. The monoisotopic (exact) mass is 476 g/mol. The molecule has 0 unspecified atom stereocenters. The summed E-state index contributed by atoms with van der Waals surface area (Å²) in [5.41, 5.74) is -1.81. The van der Waals surface area contributed by atoms with Crippen LogP contribution < -0.4 is 0 Å². The molecule has 0 fully saturated rings. The molecule has 0 aliphatic carbocycles. The van der Waals surface area contributed by atoms with Gasteiger partial charge in [0.05, 0.1) is 11.1 Å². The number of hydrogen-bond acceptors (Lipinski definition) is 2. The lowest BCUT2D eigenvalue weighted by molar-refractivity contribution is 0.447. The molecule has 1 aromatic heterocycles. The largest absolute Gasteiger partial charge is 0.236 e. The molecule has 3 aromatic carbocycles. The van der Waals surface area contributed by atoms with Crippen molar-refractivity contribution >= 4 is 0 Å². The molecule has 0 aliphatic rings. The summed E-state index contributed by atoms with van der Waals surface area (Å²) in [5.74, 6) is -9.96. The number of aryl methyl sites for hydroxylation is 1. The summed E-state index contributed by atoms with van der Waals surface area (Å²) >= 11 is 0. The van der Waals surface area contributed by atoms with Crippen LogP contribution >= 0.6 is 0 Å². The van der Waals surface area contributed by atoms with Crippen LogP contribution in [0.2, 0.25) is 0 Å². The number of nitrogens with zero attached hydrogens (tertiary/aromatic N) is 2. The van der Waals surface area contributed by atoms with Gasteiger partial charge in [0.25, 0.3) is 0 Å². The molecule has 0 amide bonds. The number of halogens is 7. The van der Waals surface area contributed by atoms with Crippen LogP contribution in [0.3, 0.4) is 0 Å². The minimum Gasteiger partial charge on any atom is -0.236 e. The Hall–Kier alpha value is -3.75. The summed E-state index contributed by atoms with van der Waals surface area (Å²) in [6, 6.07) is 3.94. The molecule has 0 saturated heterocycles. The number of rotatable bonds is 5. The van der Waals surface area contributed by atoms with Gasteiger partial charge >= 0.3 is 0 Å². The minimum absolute atomic E-state index is 0.0247. The molecule has 174 valence electrons. The maximum absolute atomic E-state index is 14.8. The first kappa shape index (κ1) is 23.4. The lowest BCUT2D eigenvalue weighted by atomic mass is 9.97. The van der Waals surface area contributed by atoms with Gasteiger partial charge in [-0.1, -0.05) is 13.3 Å². The van der Waals surface area contributed by atoms with Crippen molar-refractivity contribution in [2.45, 2.75) is 19.8 Å². The van der Waals surface area contributed by atoms with E-state index >= 15 is 0 Å². The maximum atomic E-state index is 14.8. The fourth-order valence-electron chi connectivity index (χ4n) is 3.59. The minimum atomic E-state index is -1.80. The normalized spacial score (nSPS) is 11.2. The van der Waals surface area contributed by atoms with Crippen LogP contribution in [0.25, 0.3) is 33.6 Å². The van der Waals surface area contributed by atoms with Crippen molar-refractivity contribution in [3.63, 3.8) is 0 Å². The molecule has 4 rings (SSSR count). The van der Waals surface area contributed by atoms with Gasteiger partial charge in [-0.2, -0.15) is 0 Å². The second kappa shape index (κ2) is 9.24. The van der Waals surface area contributed by atoms with E-state index in [0.29, 0.717) is 24.3 Å². The van der Waals surface area contributed by atoms with E-state index in [-0.39, 0.29) is 11.4 Å². The van der Waals surface area contributed by atoms with Gasteiger partial charge in [0.15, 0.2) is 23.3 Å². The van der Waals surface area contributed by atoms with Gasteiger partial charge in [-0.25, -0.2) is 40.7 Å². The van der Waals surface area contributed by atoms with E-state index in [9.17, 15) is 30.7 Å². The Bertz CT molecular complexity index is 1320. The fourth-order valence-corrected chi connectivity index (χ4v) is 3.59. The highest BCUT2D eigenvalue weighted by Crippen LogP contribution is 2.35. The average molecular weight is 476 g/mol. The molecule has 0 bridgehead atoms. The van der Waals surface area contributed by atoms with Crippen molar-refractivity contribution in [3.05, 3.63) is 95.1 Å². The van der Waals surface area contributed by atoms with Crippen molar-refractivity contribution < 1.29 is 30.7 Å². The van der Waals surface area contributed by atoms with Gasteiger partial charge < -0.3 is 0 Å². The topological polar surface area (TPSA) is 25.8 Å². The Kier molecular flexibility index (Phi) is 6.37. The summed E-state index contributed by atoms with van der Waals surface area (Å²) in [7, 11) is 0. The van der Waals surface area contributed by atoms with Crippen LogP contribution in [0.5, 0.6) is 0 Å². The van der Waals surface area contributed by atoms with Crippen molar-refractivity contribution in [2.24, 2.45) is 0 Å². The molecule has 9 heteroatoms. The standard InChI is InChI=1S/C25H15F7N2/c1-2-3-12-10-33-25(34-11-12)15-8-18(28)22(19(29)9-15)13-4-16(26)23(17(27)5-13)14-6-20(30)24(32)21(31)7-14/h4-11H,2-3H2,1H3. The zero-order valence-electron chi connectivity index (χ0n) is 17.6. The van der Waals surface area contributed by atoms with Gasteiger partial charge in [-0.05, 0) is 59.5 Å². The van der Waals surface area contributed by atoms with Crippen LogP contribution in [0.15, 0.2) is 48.8 Å². The molecule has 0 saturated carbocycles. The maximum Gasteiger partial charge on any atom is 0.194 e. The third-order valence-electron chi connectivity index (χ3n) is 5.15. The predicted octanol–water partition coefficient (Wildman–Crippen LogP) is 7.40. The lowest BCUT2D eigenvalue weighted by Crippen LogP contribution is -1.99. The predicted molar refractivity (Wildman–Crippen MR) is 112 cm³/mol. The summed E-state index contributed by atoms with van der Waals surface area (Å²) < 4.78 is 99.3. The van der Waals surface area contributed by atoms with E-state index in [0.717, 1.165) is 30.5 Å². The third-order valence-corrected chi connectivity index (χ3v) is 5.15. The summed E-state index contributed by atoms with van der Waals surface area (Å²) in [4.78, 5) is 8.19. The highest BCUT2D eigenvalue weighted by atomic mass is 19.2. The molecule has 0 spiro atoms. The zero-order chi connectivity index (χ0) is 24.6. The Morgan fingerprint density at radius 1 is 0.559 bits per heavy atom. The Morgan fingerprint density at radius 3 is 1.35 bits per heavy atom. The highest BCUT2D eigenvalue weighted by molar-refractivity contribution is 5.74. The molecule has 0 aliphatic heterocycles. The summed E-state index contributed by atoms with van der Waals surface area (Å²) in [6.45, 7) is 1.98. The number of benzene rings is 3. The van der Waals surface area contributed by atoms with Crippen LogP contribution in [0.4, 0.5) is 30.7 Å². The Balaban J connectivity index is 1.75. The van der Waals surface area contributed by atoms with Gasteiger partial charge in [-0.3, -0.25) is 0 Å². The smallest absolute Gasteiger partial charge is 0.194 e. The Morgan fingerprint density at radius 2 is 0.941 bits per heavy atom. The average Bonchev–Trinajstić information content (AvgIpc) is 2.77. The molecule has 0 atom stereocenters. The van der Waals surface area contributed by atoms with Gasteiger partial charge in [0, 0.05) is 18.0 Å². The second-order valence-electron chi connectivity index (χ2n) is 7.55. The fraction of sp³-hybridized carbons (Fsp3) is 0.120. The van der Waals surface area contributed by atoms with Crippen molar-refractivity contribution in [2.75, 3.05) is 0 Å². The quantitative estimate of drug-likeness (QED) is 0.222. The van der Waals surface area contributed by atoms with Gasteiger partial charge in [0.2, 0.25) is 0 Å². The first-order chi connectivity index (χ1) is 16.2. The van der Waals surface area contributed by atoms with Crippen LogP contribution in [0.1, 0.15) is 18.9 Å². The van der Waals surface area contributed by atoms with Crippen LogP contribution in [0, 0.1) is 40.7 Å². The zero-order valence-corrected chi connectivity index (χ0v) is 17.6. The van der Waals surface area contributed by atoms with E-state index in [1.165, 1.54) is 0 Å². The third kappa shape index (κ3) is 4.37. The molecule has 2 nitrogen and oxygen atoms in total. The van der Waals surface area contributed by atoms with Crippen molar-refractivity contribution in [1.82, 2.24) is 9.97 Å². The van der Waals surface area contributed by atoms with E-state index in [2.05, 4.69) is 9.97 Å². The first-order valence-corrected chi connectivity index (χ1v) is 10.1. The summed E-state index contributed by atoms with van der Waals surface area (Å²) in [6.07, 6.45) is 4.70. The van der Waals surface area contributed by atoms with Crippen LogP contribution in [-0.4, -0.2) is 9.97 Å². The van der Waals surface area contributed by atoms with Gasteiger partial charge in [0.1, 0.15) is 23.3 Å². The van der Waals surface area contributed by atoms with E-state index in [4.69, 9.17) is 0 Å². The SMILES string of the molecule is CCCc1cnc(-c2cc(F)c(-c3cc(F)c(-c4cc(F)c(F)c(F)c4)c(F)c3)c(F)c2)nc1. The molecule has 34 heavy (non-hydrogen) atoms. The molecule has 1 heterocycles. The highest BCUT2D eigenvalue weighted by Gasteiger charge is 2.22. The molecule has 4 aromatic rings. The van der Waals surface area contributed by atoms with E-state index in [1.54, 1.807) is 12.4 Å². The number of aromatic nitrogens is 2. The molecular formula is C25H15F7N2. The molecule has 0 N–H and O–H groups in total. The number of hydrogen-bond donors (Lipinski definition) is 0. The van der Waals surface area contributed by atoms with Crippen molar-refractivity contribution in [1.29, 1.82) is 0 Å². The lowest BCUT2D eigenvalue weighted by Gasteiger charge is -2.12.